The molecule has 1 aromatic heterocycles. The molecular weight excluding hydrogens is 356 g/mol. The molecule has 1 unspecified atom stereocenters. The van der Waals surface area contributed by atoms with Crippen molar-refractivity contribution < 1.29 is 9.53 Å². The lowest BCUT2D eigenvalue weighted by Gasteiger charge is -2.33. The van der Waals surface area contributed by atoms with Crippen LogP contribution >= 0.6 is 0 Å². The van der Waals surface area contributed by atoms with Crippen LogP contribution in [0.3, 0.4) is 0 Å². The molecule has 28 heavy (non-hydrogen) atoms. The summed E-state index contributed by atoms with van der Waals surface area (Å²) < 4.78 is 5.98. The van der Waals surface area contributed by atoms with Crippen molar-refractivity contribution >= 4 is 17.3 Å². The summed E-state index contributed by atoms with van der Waals surface area (Å²) >= 11 is 0. The van der Waals surface area contributed by atoms with E-state index in [4.69, 9.17) is 15.9 Å². The second-order valence-corrected chi connectivity index (χ2v) is 7.33. The van der Waals surface area contributed by atoms with E-state index in [9.17, 15) is 9.59 Å². The Morgan fingerprint density at radius 1 is 1.39 bits per heavy atom. The van der Waals surface area contributed by atoms with Crippen molar-refractivity contribution in [3.05, 3.63) is 57.5 Å². The van der Waals surface area contributed by atoms with Gasteiger partial charge in [0, 0.05) is 47.7 Å². The van der Waals surface area contributed by atoms with Gasteiger partial charge in [-0.2, -0.15) is 0 Å². The van der Waals surface area contributed by atoms with Gasteiger partial charge in [-0.05, 0) is 44.9 Å². The normalized spacial score (nSPS) is 16.6. The molecular formula is C21H26N4O3. The van der Waals surface area contributed by atoms with Crippen molar-refractivity contribution in [1.82, 2.24) is 9.88 Å². The van der Waals surface area contributed by atoms with Gasteiger partial charge in [-0.1, -0.05) is 6.07 Å². The van der Waals surface area contributed by atoms with Crippen LogP contribution in [0.15, 0.2) is 35.1 Å². The molecule has 1 aliphatic heterocycles. The van der Waals surface area contributed by atoms with Crippen LogP contribution in [0.25, 0.3) is 0 Å². The maximum absolute atomic E-state index is 12.8. The van der Waals surface area contributed by atoms with E-state index in [2.05, 4.69) is 4.98 Å². The molecule has 3 rings (SSSR count). The number of nitrogens with one attached hydrogen (secondary N) is 2. The number of ether oxygens (including phenoxy) is 1. The summed E-state index contributed by atoms with van der Waals surface area (Å²) in [6, 6.07) is 8.43. The zero-order valence-corrected chi connectivity index (χ0v) is 16.2. The molecule has 0 radical (unpaired) electrons. The number of piperidine rings is 1. The first-order valence-corrected chi connectivity index (χ1v) is 9.42. The van der Waals surface area contributed by atoms with E-state index < -0.39 is 0 Å². The van der Waals surface area contributed by atoms with Crippen LogP contribution in [-0.4, -0.2) is 41.2 Å². The summed E-state index contributed by atoms with van der Waals surface area (Å²) in [5, 5.41) is 7.92. The quantitative estimate of drug-likeness (QED) is 0.545. The van der Waals surface area contributed by atoms with Gasteiger partial charge in [0.25, 0.3) is 5.91 Å². The monoisotopic (exact) mass is 382 g/mol. The number of hydrogen-bond donors (Lipinski definition) is 3. The number of aryl methyl sites for hydroxylation is 1. The number of nitrogens with two attached hydrogens (primary N) is 1. The van der Waals surface area contributed by atoms with Gasteiger partial charge in [-0.3, -0.25) is 9.59 Å². The second-order valence-electron chi connectivity index (χ2n) is 7.33. The van der Waals surface area contributed by atoms with Crippen LogP contribution in [0.1, 0.15) is 41.4 Å². The third-order valence-electron chi connectivity index (χ3n) is 4.94. The maximum Gasteiger partial charge on any atom is 0.254 e. The predicted molar refractivity (Wildman–Crippen MR) is 109 cm³/mol. The fraction of sp³-hybridized carbons (Fsp3) is 0.381. The molecule has 1 amide bonds. The number of rotatable bonds is 5. The molecule has 1 atom stereocenters. The molecule has 148 valence electrons. The highest BCUT2D eigenvalue weighted by Crippen LogP contribution is 2.26. The Morgan fingerprint density at radius 3 is 2.89 bits per heavy atom. The number of pyridine rings is 1. The molecule has 0 bridgehead atoms. The Kier molecular flexibility index (Phi) is 5.82. The number of likely N-dealkylation sites (tertiary alicyclic amines) is 1. The zero-order valence-electron chi connectivity index (χ0n) is 16.2. The Morgan fingerprint density at radius 2 is 2.18 bits per heavy atom. The topological polar surface area (TPSA) is 112 Å². The second kappa shape index (κ2) is 8.29. The number of nitrogens with zero attached hydrogens (tertiary/aromatic N) is 1. The van der Waals surface area contributed by atoms with Crippen LogP contribution in [0, 0.1) is 18.3 Å². The van der Waals surface area contributed by atoms with Crippen LogP contribution in [-0.2, 0) is 0 Å². The first-order chi connectivity index (χ1) is 13.3. The molecule has 7 nitrogen and oxygen atoms in total. The van der Waals surface area contributed by atoms with E-state index in [0.717, 1.165) is 12.8 Å². The summed E-state index contributed by atoms with van der Waals surface area (Å²) in [5.74, 6) is 0.654. The number of nitrogen functional groups attached to an aromatic ring is 1. The molecule has 2 heterocycles. The highest BCUT2D eigenvalue weighted by Gasteiger charge is 2.25. The van der Waals surface area contributed by atoms with Crippen LogP contribution in [0.4, 0.5) is 5.69 Å². The summed E-state index contributed by atoms with van der Waals surface area (Å²) in [6.07, 6.45) is 1.84. The number of amides is 1. The van der Waals surface area contributed by atoms with Crippen molar-refractivity contribution in [2.75, 3.05) is 25.4 Å². The Bertz CT molecular complexity index is 951. The van der Waals surface area contributed by atoms with E-state index in [0.29, 0.717) is 53.7 Å². The average molecular weight is 382 g/mol. The Balaban J connectivity index is 1.67. The van der Waals surface area contributed by atoms with Gasteiger partial charge in [0.15, 0.2) is 0 Å². The lowest BCUT2D eigenvalue weighted by atomic mass is 9.98. The molecule has 4 N–H and O–H groups in total. The van der Waals surface area contributed by atoms with Gasteiger partial charge in [-0.15, -0.1) is 0 Å². The molecule has 1 fully saturated rings. The molecule has 1 aromatic carbocycles. The fourth-order valence-electron chi connectivity index (χ4n) is 3.65. The first-order valence-electron chi connectivity index (χ1n) is 9.42. The van der Waals surface area contributed by atoms with Crippen molar-refractivity contribution in [1.29, 1.82) is 5.41 Å². The number of H-pyrrole nitrogens is 1. The number of benzene rings is 1. The lowest BCUT2D eigenvalue weighted by molar-refractivity contribution is 0.0633. The standard InChI is InChI=1S/C21H26N4O3/c1-13-9-16(10-19(26)24-13)21(27)25-8-4-5-15(11-25)12-28-18-7-3-6-17(23)20(18)14(2)22/h3,6-7,9-10,15,22H,4-5,8,11-12,23H2,1-2H3,(H,24,26). The van der Waals surface area contributed by atoms with Crippen LogP contribution in [0.2, 0.25) is 0 Å². The number of carbonyl (C=O) groups excluding carboxylic acids is 1. The van der Waals surface area contributed by atoms with E-state index in [1.807, 2.05) is 12.1 Å². The number of carbonyl (C=O) groups is 1. The minimum absolute atomic E-state index is 0.126. The number of aromatic nitrogens is 1. The first kappa shape index (κ1) is 19.7. The zero-order chi connectivity index (χ0) is 20.3. The van der Waals surface area contributed by atoms with Crippen molar-refractivity contribution in [3.8, 4) is 5.75 Å². The van der Waals surface area contributed by atoms with E-state index in [1.165, 1.54) is 6.07 Å². The number of aromatic amines is 1. The largest absolute Gasteiger partial charge is 0.492 e. The third-order valence-corrected chi connectivity index (χ3v) is 4.94. The maximum atomic E-state index is 12.8. The van der Waals surface area contributed by atoms with E-state index in [-0.39, 0.29) is 17.4 Å². The molecule has 2 aromatic rings. The van der Waals surface area contributed by atoms with Gasteiger partial charge in [-0.25, -0.2) is 0 Å². The highest BCUT2D eigenvalue weighted by atomic mass is 16.5. The minimum atomic E-state index is -0.267. The van der Waals surface area contributed by atoms with Crippen molar-refractivity contribution in [3.63, 3.8) is 0 Å². The summed E-state index contributed by atoms with van der Waals surface area (Å²) in [5.41, 5.74) is 8.30. The predicted octanol–water partition coefficient (Wildman–Crippen LogP) is 2.58. The molecule has 7 heteroatoms. The summed E-state index contributed by atoms with van der Waals surface area (Å²) in [7, 11) is 0. The number of hydrogen-bond acceptors (Lipinski definition) is 5. The molecule has 1 aliphatic rings. The number of anilines is 1. The van der Waals surface area contributed by atoms with Crippen molar-refractivity contribution in [2.45, 2.75) is 26.7 Å². The Labute approximate surface area is 164 Å². The molecule has 0 spiro atoms. The third kappa shape index (κ3) is 4.42. The highest BCUT2D eigenvalue weighted by molar-refractivity contribution is 6.03. The van der Waals surface area contributed by atoms with Gasteiger partial charge in [0.05, 0.1) is 12.2 Å². The van der Waals surface area contributed by atoms with Crippen LogP contribution < -0.4 is 16.0 Å². The Hall–Kier alpha value is -3.09. The fourth-order valence-corrected chi connectivity index (χ4v) is 3.65. The SMILES string of the molecule is CC(=N)c1c(N)cccc1OCC1CCCN(C(=O)c2cc(C)[nH]c(=O)c2)C1. The van der Waals surface area contributed by atoms with Gasteiger partial charge in [0.1, 0.15) is 5.75 Å². The lowest BCUT2D eigenvalue weighted by Crippen LogP contribution is -2.42. The smallest absolute Gasteiger partial charge is 0.254 e. The van der Waals surface area contributed by atoms with E-state index in [1.54, 1.807) is 30.9 Å². The summed E-state index contributed by atoms with van der Waals surface area (Å²) in [6.45, 7) is 5.14. The van der Waals surface area contributed by atoms with E-state index >= 15 is 0 Å². The molecule has 0 saturated carbocycles. The minimum Gasteiger partial charge on any atom is -0.492 e. The summed E-state index contributed by atoms with van der Waals surface area (Å²) in [4.78, 5) is 28.9. The van der Waals surface area contributed by atoms with Crippen molar-refractivity contribution in [2.24, 2.45) is 5.92 Å². The average Bonchev–Trinajstić information content (AvgIpc) is 2.65. The van der Waals surface area contributed by atoms with Gasteiger partial charge >= 0.3 is 0 Å². The van der Waals surface area contributed by atoms with Gasteiger partial charge < -0.3 is 25.8 Å². The van der Waals surface area contributed by atoms with Gasteiger partial charge in [0.2, 0.25) is 5.56 Å². The molecule has 0 aliphatic carbocycles. The molecule has 1 saturated heterocycles. The van der Waals surface area contributed by atoms with Crippen LogP contribution in [0.5, 0.6) is 5.75 Å².